The number of hydrogen-bond donors (Lipinski definition) is 1. The van der Waals surface area contributed by atoms with Crippen molar-refractivity contribution in [2.45, 2.75) is 56.5 Å². The Morgan fingerprint density at radius 1 is 1.26 bits per heavy atom. The summed E-state index contributed by atoms with van der Waals surface area (Å²) in [4.78, 5) is 12.9. The van der Waals surface area contributed by atoms with E-state index in [1.54, 1.807) is 6.20 Å². The van der Waals surface area contributed by atoms with Gasteiger partial charge in [0.1, 0.15) is 34.4 Å². The molecule has 1 fully saturated rings. The van der Waals surface area contributed by atoms with E-state index in [9.17, 15) is 18.1 Å². The quantitative estimate of drug-likeness (QED) is 0.626. The Morgan fingerprint density at radius 2 is 1.94 bits per heavy atom. The molecule has 0 aliphatic heterocycles. The van der Waals surface area contributed by atoms with Gasteiger partial charge in [0.2, 0.25) is 10.0 Å². The van der Waals surface area contributed by atoms with E-state index in [-0.39, 0.29) is 16.8 Å². The molecule has 8 nitrogen and oxygen atoms in total. The summed E-state index contributed by atoms with van der Waals surface area (Å²) in [5.41, 5.74) is 3.36. The molecule has 4 rings (SSSR count). The normalized spacial score (nSPS) is 15.9. The van der Waals surface area contributed by atoms with Crippen LogP contribution in [0.15, 0.2) is 29.6 Å². The van der Waals surface area contributed by atoms with Crippen molar-refractivity contribution in [2.75, 3.05) is 6.67 Å². The Morgan fingerprint density at radius 3 is 2.55 bits per heavy atom. The molecular weight excluding hydrogens is 419 g/mol. The minimum absolute atomic E-state index is 0.160. The standard InChI is InChI=1S/C21H23FN6O2S/c1-13-7-18-19(24-10-13)17(9-23)20(28(18)15-5-3-4-6-15)21-25-11-16(12-26-21)31(29,30)27-14(2)8-22/h7,10-12,14-15,27H,3-6,8H2,1-2H3/t14-/m0/s1. The van der Waals surface area contributed by atoms with Crippen molar-refractivity contribution >= 4 is 21.1 Å². The highest BCUT2D eigenvalue weighted by Crippen LogP contribution is 2.39. The zero-order valence-corrected chi connectivity index (χ0v) is 18.2. The number of alkyl halides is 1. The Labute approximate surface area is 180 Å². The van der Waals surface area contributed by atoms with Gasteiger partial charge in [-0.3, -0.25) is 4.98 Å². The third kappa shape index (κ3) is 3.91. The number of sulfonamides is 1. The first-order valence-corrected chi connectivity index (χ1v) is 11.7. The molecule has 162 valence electrons. The highest BCUT2D eigenvalue weighted by molar-refractivity contribution is 7.89. The second kappa shape index (κ2) is 8.32. The van der Waals surface area contributed by atoms with Gasteiger partial charge in [0.25, 0.3) is 0 Å². The van der Waals surface area contributed by atoms with Crippen LogP contribution in [0.4, 0.5) is 4.39 Å². The summed E-state index contributed by atoms with van der Waals surface area (Å²) in [6, 6.07) is 3.59. The van der Waals surface area contributed by atoms with E-state index in [1.165, 1.54) is 19.3 Å². The molecule has 0 radical (unpaired) electrons. The van der Waals surface area contributed by atoms with Crippen molar-refractivity contribution in [3.8, 4) is 17.6 Å². The molecule has 0 unspecified atom stereocenters. The van der Waals surface area contributed by atoms with E-state index in [2.05, 4.69) is 30.3 Å². The number of halogens is 1. The summed E-state index contributed by atoms with van der Waals surface area (Å²) < 4.78 is 41.9. The van der Waals surface area contributed by atoms with Crippen molar-refractivity contribution in [2.24, 2.45) is 0 Å². The Hall–Kier alpha value is -2.90. The molecule has 0 aromatic carbocycles. The van der Waals surface area contributed by atoms with Gasteiger partial charge in [-0.2, -0.15) is 5.26 Å². The number of hydrogen-bond acceptors (Lipinski definition) is 6. The molecular formula is C21H23FN6O2S. The molecule has 1 atom stereocenters. The van der Waals surface area contributed by atoms with Crippen LogP contribution >= 0.6 is 0 Å². The molecule has 1 aliphatic carbocycles. The largest absolute Gasteiger partial charge is 0.332 e. The summed E-state index contributed by atoms with van der Waals surface area (Å²) >= 11 is 0. The minimum atomic E-state index is -3.94. The van der Waals surface area contributed by atoms with Gasteiger partial charge >= 0.3 is 0 Å². The monoisotopic (exact) mass is 442 g/mol. The molecule has 3 aromatic heterocycles. The summed E-state index contributed by atoms with van der Waals surface area (Å²) in [5, 5.41) is 9.91. The molecule has 1 aliphatic rings. The number of nitrogens with one attached hydrogen (secondary N) is 1. The Bertz CT molecular complexity index is 1260. The van der Waals surface area contributed by atoms with Gasteiger partial charge in [-0.1, -0.05) is 12.8 Å². The van der Waals surface area contributed by atoms with Crippen LogP contribution in [0, 0.1) is 18.3 Å². The van der Waals surface area contributed by atoms with Crippen molar-refractivity contribution in [3.63, 3.8) is 0 Å². The lowest BCUT2D eigenvalue weighted by Crippen LogP contribution is -2.34. The minimum Gasteiger partial charge on any atom is -0.332 e. The van der Waals surface area contributed by atoms with Crippen LogP contribution in [0.3, 0.4) is 0 Å². The summed E-state index contributed by atoms with van der Waals surface area (Å²) in [5.74, 6) is 0.261. The van der Waals surface area contributed by atoms with Crippen LogP contribution in [0.2, 0.25) is 0 Å². The average Bonchev–Trinajstić information content (AvgIpc) is 3.38. The highest BCUT2D eigenvalue weighted by Gasteiger charge is 2.28. The van der Waals surface area contributed by atoms with Gasteiger partial charge in [-0.05, 0) is 38.3 Å². The first-order valence-electron chi connectivity index (χ1n) is 10.2. The van der Waals surface area contributed by atoms with E-state index < -0.39 is 22.7 Å². The number of aryl methyl sites for hydroxylation is 1. The fraction of sp³-hybridized carbons (Fsp3) is 0.429. The summed E-state index contributed by atoms with van der Waals surface area (Å²) in [7, 11) is -3.94. The van der Waals surface area contributed by atoms with Crippen LogP contribution in [-0.2, 0) is 10.0 Å². The maximum Gasteiger partial charge on any atom is 0.243 e. The first kappa shape index (κ1) is 21.3. The van der Waals surface area contributed by atoms with Gasteiger partial charge < -0.3 is 4.57 Å². The van der Waals surface area contributed by atoms with Gasteiger partial charge in [-0.25, -0.2) is 27.5 Å². The lowest BCUT2D eigenvalue weighted by molar-refractivity contribution is 0.423. The molecule has 3 aromatic rings. The van der Waals surface area contributed by atoms with Crippen molar-refractivity contribution in [1.82, 2.24) is 24.2 Å². The lowest BCUT2D eigenvalue weighted by Gasteiger charge is -2.17. The van der Waals surface area contributed by atoms with E-state index in [1.807, 2.05) is 13.0 Å². The van der Waals surface area contributed by atoms with E-state index >= 15 is 0 Å². The fourth-order valence-corrected chi connectivity index (χ4v) is 5.20. The Balaban J connectivity index is 1.86. The van der Waals surface area contributed by atoms with Crippen molar-refractivity contribution in [3.05, 3.63) is 35.8 Å². The number of pyridine rings is 1. The average molecular weight is 443 g/mol. The molecule has 31 heavy (non-hydrogen) atoms. The molecule has 0 amide bonds. The summed E-state index contributed by atoms with van der Waals surface area (Å²) in [6.07, 6.45) is 8.25. The third-order valence-corrected chi connectivity index (χ3v) is 7.06. The fourth-order valence-electron chi connectivity index (χ4n) is 4.09. The van der Waals surface area contributed by atoms with Crippen LogP contribution in [0.25, 0.3) is 22.6 Å². The third-order valence-electron chi connectivity index (χ3n) is 5.52. The van der Waals surface area contributed by atoms with Crippen LogP contribution in [0.1, 0.15) is 49.8 Å². The Kier molecular flexibility index (Phi) is 5.73. The van der Waals surface area contributed by atoms with Gasteiger partial charge in [0.05, 0.1) is 17.9 Å². The second-order valence-corrected chi connectivity index (χ2v) is 9.66. The number of aromatic nitrogens is 4. The smallest absolute Gasteiger partial charge is 0.243 e. The maximum atomic E-state index is 12.7. The van der Waals surface area contributed by atoms with Crippen LogP contribution < -0.4 is 4.72 Å². The number of rotatable bonds is 6. The molecule has 0 bridgehead atoms. The zero-order valence-electron chi connectivity index (χ0n) is 17.3. The molecule has 3 heterocycles. The van der Waals surface area contributed by atoms with E-state index in [0.717, 1.165) is 36.8 Å². The van der Waals surface area contributed by atoms with Gasteiger partial charge in [-0.15, -0.1) is 0 Å². The van der Waals surface area contributed by atoms with Crippen molar-refractivity contribution in [1.29, 1.82) is 5.26 Å². The first-order chi connectivity index (χ1) is 14.9. The highest BCUT2D eigenvalue weighted by atomic mass is 32.2. The molecule has 10 heteroatoms. The van der Waals surface area contributed by atoms with Crippen LogP contribution in [0.5, 0.6) is 0 Å². The number of nitrogens with zero attached hydrogens (tertiary/aromatic N) is 5. The molecule has 0 spiro atoms. The molecule has 1 N–H and O–H groups in total. The van der Waals surface area contributed by atoms with E-state index in [4.69, 9.17) is 0 Å². The zero-order chi connectivity index (χ0) is 22.2. The van der Waals surface area contributed by atoms with Gasteiger partial charge in [0.15, 0.2) is 5.82 Å². The van der Waals surface area contributed by atoms with Crippen LogP contribution in [-0.4, -0.2) is 40.7 Å². The second-order valence-electron chi connectivity index (χ2n) is 7.94. The molecule has 1 saturated carbocycles. The SMILES string of the molecule is Cc1cnc2c(C#N)c(-c3ncc(S(=O)(=O)N[C@@H](C)CF)cn3)n(C3CCCC3)c2c1. The predicted octanol–water partition coefficient (Wildman–Crippen LogP) is 3.42. The lowest BCUT2D eigenvalue weighted by atomic mass is 10.2. The summed E-state index contributed by atoms with van der Waals surface area (Å²) in [6.45, 7) is 2.56. The molecule has 0 saturated heterocycles. The van der Waals surface area contributed by atoms with Crippen molar-refractivity contribution < 1.29 is 12.8 Å². The van der Waals surface area contributed by atoms with Gasteiger partial charge in [0, 0.05) is 18.3 Å². The topological polar surface area (TPSA) is 114 Å². The number of nitriles is 1. The number of fused-ring (bicyclic) bond motifs is 1. The predicted molar refractivity (Wildman–Crippen MR) is 113 cm³/mol. The van der Waals surface area contributed by atoms with E-state index in [0.29, 0.717) is 16.8 Å². The maximum absolute atomic E-state index is 12.7.